The summed E-state index contributed by atoms with van der Waals surface area (Å²) in [6.45, 7) is 10.8. The molecular formula is C11H17NO. The maximum Gasteiger partial charge on any atom is 0.165 e. The number of carbonyl (C=O) groups excluding carboxylic acids is 1. The van der Waals surface area contributed by atoms with Crippen LogP contribution in [0.25, 0.3) is 0 Å². The van der Waals surface area contributed by atoms with E-state index in [-0.39, 0.29) is 0 Å². The first-order valence-corrected chi connectivity index (χ1v) is 4.42. The van der Waals surface area contributed by atoms with Crippen LogP contribution < -0.4 is 0 Å². The molecule has 0 N–H and O–H groups in total. The average Bonchev–Trinajstić information content (AvgIpc) is 2.17. The quantitative estimate of drug-likeness (QED) is 0.339. The third kappa shape index (κ3) is 4.31. The van der Waals surface area contributed by atoms with E-state index in [0.717, 1.165) is 19.3 Å². The third-order valence-corrected chi connectivity index (χ3v) is 1.71. The fourth-order valence-electron chi connectivity index (χ4n) is 1.03. The molecule has 72 valence electrons. The number of rotatable bonds is 7. The van der Waals surface area contributed by atoms with E-state index >= 15 is 0 Å². The normalized spacial score (nSPS) is 10.7. The van der Waals surface area contributed by atoms with Gasteiger partial charge in [-0.15, -0.1) is 13.2 Å². The van der Waals surface area contributed by atoms with Crippen molar-refractivity contribution < 1.29 is 4.79 Å². The van der Waals surface area contributed by atoms with E-state index in [0.29, 0.717) is 12.2 Å². The van der Waals surface area contributed by atoms with E-state index in [1.807, 2.05) is 17.9 Å². The molecule has 13 heavy (non-hydrogen) atoms. The van der Waals surface area contributed by atoms with Crippen molar-refractivity contribution in [2.24, 2.45) is 0 Å². The van der Waals surface area contributed by atoms with Gasteiger partial charge in [-0.05, 0) is 13.3 Å². The molecule has 0 bridgehead atoms. The van der Waals surface area contributed by atoms with Crippen molar-refractivity contribution in [3.63, 3.8) is 0 Å². The molecule has 2 nitrogen and oxygen atoms in total. The van der Waals surface area contributed by atoms with Gasteiger partial charge in [-0.1, -0.05) is 18.2 Å². The zero-order valence-electron chi connectivity index (χ0n) is 8.20. The molecular weight excluding hydrogens is 162 g/mol. The first-order chi connectivity index (χ1) is 6.29. The van der Waals surface area contributed by atoms with Crippen LogP contribution >= 0.6 is 0 Å². The third-order valence-electron chi connectivity index (χ3n) is 1.71. The molecule has 0 unspecified atom stereocenters. The highest BCUT2D eigenvalue weighted by Gasteiger charge is 2.02. The Kier molecular flexibility index (Phi) is 6.60. The summed E-state index contributed by atoms with van der Waals surface area (Å²) in [5.41, 5.74) is 0.710. The molecule has 0 fully saturated rings. The Bertz CT molecular complexity index is 206. The second-order valence-corrected chi connectivity index (χ2v) is 2.60. The van der Waals surface area contributed by atoms with Crippen molar-refractivity contribution >= 4 is 6.29 Å². The molecule has 0 saturated heterocycles. The lowest BCUT2D eigenvalue weighted by atomic mass is 10.3. The fourth-order valence-corrected chi connectivity index (χ4v) is 1.03. The average molecular weight is 179 g/mol. The summed E-state index contributed by atoms with van der Waals surface area (Å²) in [5.74, 6) is 0. The molecule has 0 spiro atoms. The predicted octanol–water partition coefficient (Wildman–Crippen LogP) is 2.15. The molecule has 0 rings (SSSR count). The van der Waals surface area contributed by atoms with Crippen LogP contribution in [0, 0.1) is 0 Å². The van der Waals surface area contributed by atoms with E-state index in [9.17, 15) is 4.79 Å². The molecule has 0 aromatic carbocycles. The monoisotopic (exact) mass is 179 g/mol. The minimum absolute atomic E-state index is 0.707. The van der Waals surface area contributed by atoms with Gasteiger partial charge in [-0.3, -0.25) is 4.79 Å². The summed E-state index contributed by atoms with van der Waals surface area (Å²) >= 11 is 0. The molecule has 0 saturated carbocycles. The standard InChI is InChI=1S/C11H17NO/c1-4-7-8-11(10-13)12(6-3)9-5-2/h4-5,8,10H,1-2,6-7,9H2,3H3/b11-8-. The minimum Gasteiger partial charge on any atom is -0.366 e. The van der Waals surface area contributed by atoms with Gasteiger partial charge in [0.25, 0.3) is 0 Å². The highest BCUT2D eigenvalue weighted by atomic mass is 16.1. The molecule has 0 aliphatic rings. The van der Waals surface area contributed by atoms with Crippen LogP contribution in [0.1, 0.15) is 13.3 Å². The molecule has 0 aliphatic heterocycles. The zero-order chi connectivity index (χ0) is 10.1. The smallest absolute Gasteiger partial charge is 0.165 e. The molecule has 2 heteroatoms. The lowest BCUT2D eigenvalue weighted by Crippen LogP contribution is -2.23. The summed E-state index contributed by atoms with van der Waals surface area (Å²) in [5, 5.41) is 0. The maximum absolute atomic E-state index is 10.7. The van der Waals surface area contributed by atoms with Gasteiger partial charge in [0.05, 0.1) is 5.70 Å². The van der Waals surface area contributed by atoms with Gasteiger partial charge in [0.1, 0.15) is 0 Å². The number of likely N-dealkylation sites (N-methyl/N-ethyl adjacent to an activating group) is 1. The Morgan fingerprint density at radius 2 is 2.08 bits per heavy atom. The van der Waals surface area contributed by atoms with Crippen LogP contribution in [-0.2, 0) is 4.79 Å². The van der Waals surface area contributed by atoms with Crippen molar-refractivity contribution in [1.82, 2.24) is 4.90 Å². The Morgan fingerprint density at radius 1 is 1.38 bits per heavy atom. The van der Waals surface area contributed by atoms with Crippen LogP contribution in [-0.4, -0.2) is 24.3 Å². The van der Waals surface area contributed by atoms with Gasteiger partial charge >= 0.3 is 0 Å². The topological polar surface area (TPSA) is 20.3 Å². The molecule has 0 heterocycles. The lowest BCUT2D eigenvalue weighted by Gasteiger charge is -2.20. The van der Waals surface area contributed by atoms with E-state index in [1.165, 1.54) is 0 Å². The number of hydrogen-bond acceptors (Lipinski definition) is 2. The van der Waals surface area contributed by atoms with Crippen LogP contribution in [0.4, 0.5) is 0 Å². The van der Waals surface area contributed by atoms with Crippen LogP contribution in [0.15, 0.2) is 37.1 Å². The van der Waals surface area contributed by atoms with Crippen LogP contribution in [0.2, 0.25) is 0 Å². The second kappa shape index (κ2) is 7.35. The molecule has 0 radical (unpaired) electrons. The first-order valence-electron chi connectivity index (χ1n) is 4.42. The first kappa shape index (κ1) is 11.7. The van der Waals surface area contributed by atoms with Gasteiger partial charge < -0.3 is 4.90 Å². The summed E-state index contributed by atoms with van der Waals surface area (Å²) < 4.78 is 0. The van der Waals surface area contributed by atoms with E-state index < -0.39 is 0 Å². The highest BCUT2D eigenvalue weighted by molar-refractivity contribution is 5.72. The van der Waals surface area contributed by atoms with Crippen LogP contribution in [0.5, 0.6) is 0 Å². The number of hydrogen-bond donors (Lipinski definition) is 0. The second-order valence-electron chi connectivity index (χ2n) is 2.60. The highest BCUT2D eigenvalue weighted by Crippen LogP contribution is 2.02. The maximum atomic E-state index is 10.7. The van der Waals surface area contributed by atoms with Gasteiger partial charge in [0, 0.05) is 13.1 Å². The van der Waals surface area contributed by atoms with Crippen molar-refractivity contribution in [2.75, 3.05) is 13.1 Å². The van der Waals surface area contributed by atoms with Crippen molar-refractivity contribution in [3.8, 4) is 0 Å². The molecule has 0 atom stereocenters. The van der Waals surface area contributed by atoms with Crippen molar-refractivity contribution in [1.29, 1.82) is 0 Å². The van der Waals surface area contributed by atoms with Gasteiger partial charge in [-0.25, -0.2) is 0 Å². The Hall–Kier alpha value is -1.31. The molecule has 0 amide bonds. The van der Waals surface area contributed by atoms with Crippen molar-refractivity contribution in [3.05, 3.63) is 37.1 Å². The van der Waals surface area contributed by atoms with Crippen molar-refractivity contribution in [2.45, 2.75) is 13.3 Å². The summed E-state index contributed by atoms with van der Waals surface area (Å²) in [6, 6.07) is 0. The zero-order valence-corrected chi connectivity index (χ0v) is 8.20. The number of allylic oxidation sites excluding steroid dienone is 3. The van der Waals surface area contributed by atoms with Crippen LogP contribution in [0.3, 0.4) is 0 Å². The van der Waals surface area contributed by atoms with Gasteiger partial charge in [0.15, 0.2) is 6.29 Å². The Balaban J connectivity index is 4.39. The van der Waals surface area contributed by atoms with E-state index in [2.05, 4.69) is 13.2 Å². The van der Waals surface area contributed by atoms with Gasteiger partial charge in [-0.2, -0.15) is 0 Å². The number of nitrogens with zero attached hydrogens (tertiary/aromatic N) is 1. The Labute approximate surface area is 80.2 Å². The molecule has 0 aromatic heterocycles. The SMILES string of the molecule is C=CC/C=C(/C=O)N(CC)CC=C. The van der Waals surface area contributed by atoms with E-state index in [1.54, 1.807) is 12.2 Å². The van der Waals surface area contributed by atoms with E-state index in [4.69, 9.17) is 0 Å². The fraction of sp³-hybridized carbons (Fsp3) is 0.364. The minimum atomic E-state index is 0.707. The number of aldehydes is 1. The Morgan fingerprint density at radius 3 is 2.46 bits per heavy atom. The summed E-state index contributed by atoms with van der Waals surface area (Å²) in [4.78, 5) is 12.7. The summed E-state index contributed by atoms with van der Waals surface area (Å²) in [6.07, 6.45) is 7.02. The lowest BCUT2D eigenvalue weighted by molar-refractivity contribution is -0.106. The summed E-state index contributed by atoms with van der Waals surface area (Å²) in [7, 11) is 0. The largest absolute Gasteiger partial charge is 0.366 e. The van der Waals surface area contributed by atoms with Gasteiger partial charge in [0.2, 0.25) is 0 Å². The molecule has 0 aliphatic carbocycles. The molecule has 0 aromatic rings. The predicted molar refractivity (Wildman–Crippen MR) is 56.4 cm³/mol. The number of carbonyl (C=O) groups is 1.